The first-order chi connectivity index (χ1) is 6.74. The second kappa shape index (κ2) is 4.52. The molecule has 1 aromatic heterocycles. The number of rotatable bonds is 2. The van der Waals surface area contributed by atoms with Crippen molar-refractivity contribution in [2.24, 2.45) is 0 Å². The van der Waals surface area contributed by atoms with E-state index in [-0.39, 0.29) is 24.7 Å². The van der Waals surface area contributed by atoms with Gasteiger partial charge < -0.3 is 14.5 Å². The van der Waals surface area contributed by atoms with E-state index in [2.05, 4.69) is 4.98 Å². The van der Waals surface area contributed by atoms with Gasteiger partial charge in [-0.15, -0.1) is 0 Å². The molecule has 0 radical (unpaired) electrons. The van der Waals surface area contributed by atoms with Crippen molar-refractivity contribution in [3.63, 3.8) is 0 Å². The van der Waals surface area contributed by atoms with Gasteiger partial charge in [-0.1, -0.05) is 12.1 Å². The molecule has 0 fully saturated rings. The van der Waals surface area contributed by atoms with Gasteiger partial charge in [-0.2, -0.15) is 0 Å². The molecule has 2 rings (SSSR count). The Balaban J connectivity index is 0.00000112. The van der Waals surface area contributed by atoms with Crippen LogP contribution in [0.25, 0.3) is 11.0 Å². The first-order valence-corrected chi connectivity index (χ1v) is 4.40. The van der Waals surface area contributed by atoms with Crippen LogP contribution in [0.2, 0.25) is 0 Å². The average molecular weight is 196 g/mol. The summed E-state index contributed by atoms with van der Waals surface area (Å²) in [4.78, 5) is 14.7. The number of imidazole rings is 1. The Labute approximate surface area is 99.1 Å². The molecular weight excluding hydrogens is 187 g/mol. The molecule has 0 unspecified atom stereocenters. The number of carboxylic acids is 1. The normalized spacial score (nSPS) is 9.93. The summed E-state index contributed by atoms with van der Waals surface area (Å²) >= 11 is 0. The fourth-order valence-electron chi connectivity index (χ4n) is 1.55. The van der Waals surface area contributed by atoms with Crippen molar-refractivity contribution in [1.29, 1.82) is 0 Å². The summed E-state index contributed by atoms with van der Waals surface area (Å²) in [6, 6.07) is 7.32. The second-order valence-corrected chi connectivity index (χ2v) is 2.96. The van der Waals surface area contributed by atoms with Gasteiger partial charge in [0.1, 0.15) is 5.97 Å². The van der Waals surface area contributed by atoms with Gasteiger partial charge in [0.2, 0.25) is 0 Å². The van der Waals surface area contributed by atoms with Crippen LogP contribution in [0.5, 0.6) is 0 Å². The zero-order valence-corrected chi connectivity index (χ0v) is 8.73. The van der Waals surface area contributed by atoms with Crippen molar-refractivity contribution in [2.75, 3.05) is 0 Å². The number of hydrogen-bond donors (Lipinski definition) is 0. The van der Waals surface area contributed by atoms with E-state index in [0.717, 1.165) is 5.52 Å². The molecule has 5 heteroatoms. The molecule has 0 aliphatic carbocycles. The summed E-state index contributed by atoms with van der Waals surface area (Å²) in [5, 5.41) is 10.8. The number of aromatic carboxylic acids is 1. The maximum Gasteiger partial charge on any atom is 1.00 e. The van der Waals surface area contributed by atoms with Gasteiger partial charge in [-0.05, 0) is 19.1 Å². The number of aromatic nitrogens is 2. The fourth-order valence-corrected chi connectivity index (χ4v) is 1.55. The number of carbonyl (C=O) groups excluding carboxylic acids is 1. The monoisotopic (exact) mass is 196 g/mol. The maximum atomic E-state index is 10.8. The first kappa shape index (κ1) is 11.8. The van der Waals surface area contributed by atoms with Crippen LogP contribution in [0.4, 0.5) is 0 Å². The van der Waals surface area contributed by atoms with E-state index in [0.29, 0.717) is 12.1 Å². The summed E-state index contributed by atoms with van der Waals surface area (Å²) in [6.45, 7) is 2.45. The average Bonchev–Trinajstić information content (AvgIpc) is 2.56. The van der Waals surface area contributed by atoms with Gasteiger partial charge in [-0.25, -0.2) is 4.98 Å². The molecule has 4 nitrogen and oxygen atoms in total. The van der Waals surface area contributed by atoms with Crippen molar-refractivity contribution < 1.29 is 28.8 Å². The van der Waals surface area contributed by atoms with Crippen LogP contribution in [0.3, 0.4) is 0 Å². The SMILES string of the molecule is CCn1c(C(=O)[O-])nc2ccccc21.[Li+]. The van der Waals surface area contributed by atoms with Gasteiger partial charge in [0.15, 0.2) is 5.82 Å². The predicted octanol–water partition coefficient (Wildman–Crippen LogP) is -2.58. The summed E-state index contributed by atoms with van der Waals surface area (Å²) < 4.78 is 1.63. The van der Waals surface area contributed by atoms with Gasteiger partial charge in [-0.3, -0.25) is 0 Å². The second-order valence-electron chi connectivity index (χ2n) is 2.96. The largest absolute Gasteiger partial charge is 1.00 e. The van der Waals surface area contributed by atoms with Crippen molar-refractivity contribution in [3.8, 4) is 0 Å². The summed E-state index contributed by atoms with van der Waals surface area (Å²) in [5.41, 5.74) is 1.52. The molecule has 72 valence electrons. The third-order valence-corrected chi connectivity index (χ3v) is 2.15. The molecular formula is C10H9LiN2O2. The van der Waals surface area contributed by atoms with Crippen LogP contribution in [-0.2, 0) is 6.54 Å². The molecule has 0 amide bonds. The standard InChI is InChI=1S/C10H10N2O2.Li/c1-2-12-8-6-4-3-5-7(8)11-9(12)10(13)14;/h3-6H,2H2,1H3,(H,13,14);/q;+1/p-1. The van der Waals surface area contributed by atoms with E-state index in [1.165, 1.54) is 0 Å². The Hall–Kier alpha value is -1.24. The van der Waals surface area contributed by atoms with E-state index >= 15 is 0 Å². The number of carbonyl (C=O) groups is 1. The number of fused-ring (bicyclic) bond motifs is 1. The third-order valence-electron chi connectivity index (χ3n) is 2.15. The zero-order valence-electron chi connectivity index (χ0n) is 8.73. The molecule has 0 bridgehead atoms. The minimum Gasteiger partial charge on any atom is -0.542 e. The Morgan fingerprint density at radius 1 is 1.47 bits per heavy atom. The fraction of sp³-hybridized carbons (Fsp3) is 0.200. The number of aryl methyl sites for hydroxylation is 1. The van der Waals surface area contributed by atoms with E-state index in [4.69, 9.17) is 0 Å². The minimum absolute atomic E-state index is 0. The molecule has 0 aliphatic rings. The molecule has 2 aromatic rings. The third kappa shape index (κ3) is 1.92. The van der Waals surface area contributed by atoms with E-state index < -0.39 is 5.97 Å². The minimum atomic E-state index is -1.23. The Bertz CT molecular complexity index is 493. The van der Waals surface area contributed by atoms with Crippen LogP contribution < -0.4 is 24.0 Å². The van der Waals surface area contributed by atoms with Crippen molar-refractivity contribution >= 4 is 17.0 Å². The molecule has 0 aliphatic heterocycles. The van der Waals surface area contributed by atoms with Gasteiger partial charge in [0, 0.05) is 6.54 Å². The molecule has 0 saturated heterocycles. The number of nitrogens with zero attached hydrogens (tertiary/aromatic N) is 2. The molecule has 0 N–H and O–H groups in total. The maximum absolute atomic E-state index is 10.8. The van der Waals surface area contributed by atoms with Crippen LogP contribution in [0, 0.1) is 0 Å². The van der Waals surface area contributed by atoms with E-state index in [9.17, 15) is 9.90 Å². The van der Waals surface area contributed by atoms with Crippen LogP contribution >= 0.6 is 0 Å². The van der Waals surface area contributed by atoms with E-state index in [1.54, 1.807) is 10.6 Å². The number of para-hydroxylation sites is 2. The summed E-state index contributed by atoms with van der Waals surface area (Å²) in [5.74, 6) is -1.24. The smallest absolute Gasteiger partial charge is 0.542 e. The number of hydrogen-bond acceptors (Lipinski definition) is 3. The molecule has 1 aromatic carbocycles. The molecule has 0 saturated carbocycles. The van der Waals surface area contributed by atoms with E-state index in [1.807, 2.05) is 25.1 Å². The van der Waals surface area contributed by atoms with Crippen molar-refractivity contribution in [1.82, 2.24) is 9.55 Å². The topological polar surface area (TPSA) is 58.0 Å². The van der Waals surface area contributed by atoms with Gasteiger partial charge in [0.25, 0.3) is 0 Å². The first-order valence-electron chi connectivity index (χ1n) is 4.40. The van der Waals surface area contributed by atoms with Gasteiger partial charge in [0.05, 0.1) is 11.0 Å². The van der Waals surface area contributed by atoms with Gasteiger partial charge >= 0.3 is 18.9 Å². The number of benzene rings is 1. The number of carboxylic acid groups (broad SMARTS) is 1. The molecule has 0 spiro atoms. The summed E-state index contributed by atoms with van der Waals surface area (Å²) in [6.07, 6.45) is 0. The molecule has 15 heavy (non-hydrogen) atoms. The molecule has 0 atom stereocenters. The molecule has 1 heterocycles. The van der Waals surface area contributed by atoms with Crippen molar-refractivity contribution in [2.45, 2.75) is 13.5 Å². The predicted molar refractivity (Wildman–Crippen MR) is 49.7 cm³/mol. The quantitative estimate of drug-likeness (QED) is 0.496. The van der Waals surface area contributed by atoms with Crippen molar-refractivity contribution in [3.05, 3.63) is 30.1 Å². The Morgan fingerprint density at radius 2 is 2.13 bits per heavy atom. The van der Waals surface area contributed by atoms with Crippen LogP contribution in [0.1, 0.15) is 17.5 Å². The zero-order chi connectivity index (χ0) is 10.1. The van der Waals surface area contributed by atoms with Crippen LogP contribution in [0.15, 0.2) is 24.3 Å². The Kier molecular flexibility index (Phi) is 3.56. The Morgan fingerprint density at radius 3 is 2.73 bits per heavy atom. The van der Waals surface area contributed by atoms with Crippen LogP contribution in [-0.4, -0.2) is 15.5 Å². The summed E-state index contributed by atoms with van der Waals surface area (Å²) in [7, 11) is 0.